The molecule has 1 saturated heterocycles. The van der Waals surface area contributed by atoms with Gasteiger partial charge < -0.3 is 14.5 Å². The molecule has 1 saturated carbocycles. The minimum atomic E-state index is -2.64. The van der Waals surface area contributed by atoms with Gasteiger partial charge in [-0.3, -0.25) is 9.36 Å². The molecular formula is C23H36NO5PS. The Hall–Kier alpha value is -1.17. The molecule has 2 heterocycles. The van der Waals surface area contributed by atoms with E-state index in [1.54, 1.807) is 4.90 Å². The van der Waals surface area contributed by atoms with E-state index in [2.05, 4.69) is 27.7 Å². The number of rotatable bonds is 5. The van der Waals surface area contributed by atoms with Crippen LogP contribution in [0.25, 0.3) is 0 Å². The van der Waals surface area contributed by atoms with E-state index in [9.17, 15) is 19.3 Å². The maximum absolute atomic E-state index is 13.8. The molecule has 0 bridgehead atoms. The van der Waals surface area contributed by atoms with Gasteiger partial charge in [0.2, 0.25) is 13.3 Å². The molecule has 1 aliphatic carbocycles. The highest BCUT2D eigenvalue weighted by Crippen LogP contribution is 2.52. The van der Waals surface area contributed by atoms with Gasteiger partial charge >= 0.3 is 5.97 Å². The normalized spacial score (nSPS) is 29.5. The molecule has 174 valence electrons. The summed E-state index contributed by atoms with van der Waals surface area (Å²) >= 11 is 1.26. The van der Waals surface area contributed by atoms with Crippen molar-refractivity contribution < 1.29 is 23.8 Å². The van der Waals surface area contributed by atoms with Gasteiger partial charge in [-0.2, -0.15) is 0 Å². The number of aromatic carboxylic acids is 1. The molecule has 0 aromatic carbocycles. The monoisotopic (exact) mass is 469 g/mol. The Labute approximate surface area is 189 Å². The van der Waals surface area contributed by atoms with Gasteiger partial charge in [-0.25, -0.2) is 4.79 Å². The van der Waals surface area contributed by atoms with Crippen molar-refractivity contribution in [1.82, 2.24) is 0 Å². The van der Waals surface area contributed by atoms with E-state index >= 15 is 0 Å². The van der Waals surface area contributed by atoms with E-state index in [1.807, 2.05) is 6.07 Å². The predicted molar refractivity (Wildman–Crippen MR) is 126 cm³/mol. The molecule has 2 fully saturated rings. The zero-order chi connectivity index (χ0) is 23.0. The second-order valence-electron chi connectivity index (χ2n) is 10.2. The third-order valence-corrected chi connectivity index (χ3v) is 10.9. The summed E-state index contributed by atoms with van der Waals surface area (Å²) in [6.45, 7) is 8.38. The quantitative estimate of drug-likeness (QED) is 0.536. The fraction of sp³-hybridized carbons (Fsp3) is 0.739. The molecule has 1 aromatic heterocycles. The van der Waals surface area contributed by atoms with Gasteiger partial charge in [0, 0.05) is 36.3 Å². The van der Waals surface area contributed by atoms with Crippen LogP contribution in [0.1, 0.15) is 80.8 Å². The molecule has 1 aliphatic heterocycles. The first-order valence-electron chi connectivity index (χ1n) is 11.3. The molecule has 1 N–H and O–H groups in total. The second kappa shape index (κ2) is 9.36. The first-order chi connectivity index (χ1) is 14.4. The summed E-state index contributed by atoms with van der Waals surface area (Å²) in [6, 6.07) is 1.76. The van der Waals surface area contributed by atoms with Crippen LogP contribution < -0.4 is 4.90 Å². The van der Waals surface area contributed by atoms with Crippen molar-refractivity contribution in [3.05, 3.63) is 15.8 Å². The number of amides is 1. The second-order valence-corrected chi connectivity index (χ2v) is 14.2. The fourth-order valence-electron chi connectivity index (χ4n) is 4.67. The summed E-state index contributed by atoms with van der Waals surface area (Å²) in [7, 11) is -1.15. The molecule has 1 aromatic rings. The number of nitrogens with zero attached hydrogens (tertiary/aromatic N) is 1. The smallest absolute Gasteiger partial charge is 0.348 e. The minimum Gasteiger partial charge on any atom is -0.477 e. The predicted octanol–water partition coefficient (Wildman–Crippen LogP) is 5.99. The van der Waals surface area contributed by atoms with Gasteiger partial charge in [0.05, 0.1) is 5.69 Å². The lowest BCUT2D eigenvalue weighted by Crippen LogP contribution is -2.47. The maximum Gasteiger partial charge on any atom is 0.348 e. The van der Waals surface area contributed by atoms with Crippen LogP contribution in [0.3, 0.4) is 0 Å². The molecule has 3 rings (SSSR count). The Morgan fingerprint density at radius 3 is 2.19 bits per heavy atom. The maximum atomic E-state index is 13.8. The largest absolute Gasteiger partial charge is 0.477 e. The highest BCUT2D eigenvalue weighted by Gasteiger charge is 2.40. The number of hydrogen-bond acceptors (Lipinski definition) is 5. The van der Waals surface area contributed by atoms with Gasteiger partial charge in [-0.05, 0) is 55.9 Å². The molecule has 0 unspecified atom stereocenters. The van der Waals surface area contributed by atoms with Crippen LogP contribution in [-0.2, 0) is 19.3 Å². The standard InChI is InChI=1S/C23H36NO5PS/c1-15-6-8-16(9-7-15)21(25)24(17-10-12-30(28,29-5)13-11-17)18-14-19(23(2,3)4)31-20(18)22(26)27/h14-17H,6-13H2,1-5H3,(H,26,27)/t15-,16-,17?,30?. The number of anilines is 1. The zero-order valence-corrected chi connectivity index (χ0v) is 21.1. The average Bonchev–Trinajstić information content (AvgIpc) is 3.16. The van der Waals surface area contributed by atoms with E-state index in [-0.39, 0.29) is 28.2 Å². The summed E-state index contributed by atoms with van der Waals surface area (Å²) in [5.74, 6) is -0.411. The van der Waals surface area contributed by atoms with Crippen molar-refractivity contribution in [2.45, 2.75) is 77.7 Å². The van der Waals surface area contributed by atoms with Crippen LogP contribution >= 0.6 is 18.7 Å². The lowest BCUT2D eigenvalue weighted by Gasteiger charge is -2.39. The van der Waals surface area contributed by atoms with Gasteiger partial charge in [0.25, 0.3) is 0 Å². The highest BCUT2D eigenvalue weighted by atomic mass is 32.1. The average molecular weight is 470 g/mol. The van der Waals surface area contributed by atoms with Crippen LogP contribution in [0.2, 0.25) is 0 Å². The van der Waals surface area contributed by atoms with Crippen molar-refractivity contribution in [3.8, 4) is 0 Å². The molecule has 2 aliphatic rings. The van der Waals surface area contributed by atoms with E-state index in [0.717, 1.165) is 30.6 Å². The van der Waals surface area contributed by atoms with E-state index in [0.29, 0.717) is 36.8 Å². The number of carbonyl (C=O) groups excluding carboxylic acids is 1. The zero-order valence-electron chi connectivity index (χ0n) is 19.3. The van der Waals surface area contributed by atoms with Crippen molar-refractivity contribution in [1.29, 1.82) is 0 Å². The molecule has 31 heavy (non-hydrogen) atoms. The van der Waals surface area contributed by atoms with Crippen LogP contribution in [-0.4, -0.2) is 42.5 Å². The number of carboxylic acid groups (broad SMARTS) is 1. The van der Waals surface area contributed by atoms with Crippen molar-refractivity contribution in [3.63, 3.8) is 0 Å². The third kappa shape index (κ3) is 5.43. The highest BCUT2D eigenvalue weighted by molar-refractivity contribution is 7.59. The van der Waals surface area contributed by atoms with Gasteiger partial charge in [0.15, 0.2) is 0 Å². The van der Waals surface area contributed by atoms with Crippen molar-refractivity contribution >= 4 is 36.3 Å². The number of thiophene rings is 1. The van der Waals surface area contributed by atoms with Crippen molar-refractivity contribution in [2.24, 2.45) is 11.8 Å². The lowest BCUT2D eigenvalue weighted by molar-refractivity contribution is -0.124. The molecule has 6 nitrogen and oxygen atoms in total. The first-order valence-corrected chi connectivity index (χ1v) is 14.1. The van der Waals surface area contributed by atoms with Crippen LogP contribution in [0, 0.1) is 11.8 Å². The molecule has 8 heteroatoms. The fourth-order valence-corrected chi connectivity index (χ4v) is 7.69. The Kier molecular flexibility index (Phi) is 7.39. The Balaban J connectivity index is 2.00. The van der Waals surface area contributed by atoms with Crippen LogP contribution in [0.5, 0.6) is 0 Å². The SMILES string of the molecule is COP1(=O)CCC(N(c2cc(C(C)(C)C)sc2C(=O)O)C(=O)[C@H]2CC[C@H](C)CC2)CC1. The molecular weight excluding hydrogens is 433 g/mol. The molecule has 0 spiro atoms. The Bertz CT molecular complexity index is 854. The summed E-state index contributed by atoms with van der Waals surface area (Å²) in [5, 5.41) is 9.95. The molecule has 0 atom stereocenters. The number of carbonyl (C=O) groups is 2. The van der Waals surface area contributed by atoms with Crippen LogP contribution in [0.15, 0.2) is 6.07 Å². The van der Waals surface area contributed by atoms with Gasteiger partial charge in [0.1, 0.15) is 4.88 Å². The van der Waals surface area contributed by atoms with E-state index in [1.165, 1.54) is 18.4 Å². The van der Waals surface area contributed by atoms with Crippen molar-refractivity contribution in [2.75, 3.05) is 24.3 Å². The third-order valence-electron chi connectivity index (χ3n) is 6.81. The summed E-state index contributed by atoms with van der Waals surface area (Å²) in [6.07, 6.45) is 5.74. The summed E-state index contributed by atoms with van der Waals surface area (Å²) < 4.78 is 18.0. The van der Waals surface area contributed by atoms with Gasteiger partial charge in [-0.1, -0.05) is 27.7 Å². The Morgan fingerprint density at radius 1 is 1.13 bits per heavy atom. The van der Waals surface area contributed by atoms with E-state index < -0.39 is 13.3 Å². The Morgan fingerprint density at radius 2 is 1.71 bits per heavy atom. The van der Waals surface area contributed by atoms with Crippen LogP contribution in [0.4, 0.5) is 5.69 Å². The lowest BCUT2D eigenvalue weighted by atomic mass is 9.82. The number of hydrogen-bond donors (Lipinski definition) is 1. The summed E-state index contributed by atoms with van der Waals surface area (Å²) in [4.78, 5) is 28.9. The molecule has 1 amide bonds. The topological polar surface area (TPSA) is 83.9 Å². The summed E-state index contributed by atoms with van der Waals surface area (Å²) in [5.41, 5.74) is 0.311. The first kappa shape index (κ1) is 24.5. The minimum absolute atomic E-state index is 0.0341. The van der Waals surface area contributed by atoms with E-state index in [4.69, 9.17) is 4.52 Å². The van der Waals surface area contributed by atoms with Gasteiger partial charge in [-0.15, -0.1) is 11.3 Å². The molecule has 0 radical (unpaired) electrons. The number of carboxylic acids is 1.